The monoisotopic (exact) mass is 453 g/mol. The number of amides is 2. The number of hydrogen-bond donors (Lipinski definition) is 3. The quantitative estimate of drug-likeness (QED) is 0.642. The van der Waals surface area contributed by atoms with E-state index in [0.29, 0.717) is 17.0 Å². The van der Waals surface area contributed by atoms with E-state index in [2.05, 4.69) is 20.7 Å². The number of hydrogen-bond acceptors (Lipinski definition) is 4. The summed E-state index contributed by atoms with van der Waals surface area (Å²) in [5, 5.41) is 18.7. The first kappa shape index (κ1) is 22.3. The number of carbonyl (C=O) groups excluding carboxylic acids is 1. The lowest BCUT2D eigenvalue weighted by molar-refractivity contribution is -0.183. The summed E-state index contributed by atoms with van der Waals surface area (Å²) in [6, 6.07) is 2.89. The van der Waals surface area contributed by atoms with E-state index >= 15 is 0 Å². The molecule has 1 aliphatic carbocycles. The van der Waals surface area contributed by atoms with Crippen LogP contribution in [0.2, 0.25) is 0 Å². The third-order valence-corrected chi connectivity index (χ3v) is 6.49. The zero-order valence-corrected chi connectivity index (χ0v) is 17.4. The van der Waals surface area contributed by atoms with Gasteiger partial charge in [0.05, 0.1) is 29.5 Å². The molecule has 2 fully saturated rings. The van der Waals surface area contributed by atoms with Crippen LogP contribution >= 0.6 is 0 Å². The first-order valence-electron chi connectivity index (χ1n) is 10.9. The summed E-state index contributed by atoms with van der Waals surface area (Å²) in [7, 11) is 0. The molecule has 0 spiro atoms. The Bertz CT molecular complexity index is 987. The number of nitrogens with one attached hydrogen (secondary N) is 2. The van der Waals surface area contributed by atoms with Crippen LogP contribution in [0.15, 0.2) is 18.3 Å². The van der Waals surface area contributed by atoms with Crippen LogP contribution in [0.3, 0.4) is 0 Å². The van der Waals surface area contributed by atoms with Crippen LogP contribution in [0.25, 0.3) is 5.65 Å². The van der Waals surface area contributed by atoms with Crippen molar-refractivity contribution in [3.05, 3.63) is 29.7 Å². The van der Waals surface area contributed by atoms with Crippen molar-refractivity contribution >= 4 is 17.6 Å². The van der Waals surface area contributed by atoms with Crippen LogP contribution in [-0.4, -0.2) is 44.4 Å². The molecule has 1 saturated heterocycles. The van der Waals surface area contributed by atoms with Gasteiger partial charge in [0.25, 0.3) is 0 Å². The highest BCUT2D eigenvalue weighted by Crippen LogP contribution is 2.35. The van der Waals surface area contributed by atoms with Gasteiger partial charge >= 0.3 is 12.3 Å². The number of imidazole rings is 1. The maximum Gasteiger partial charge on any atom is 0.405 e. The molecule has 3 heterocycles. The van der Waals surface area contributed by atoms with E-state index in [1.54, 1.807) is 18.3 Å². The van der Waals surface area contributed by atoms with Crippen molar-refractivity contribution in [2.45, 2.75) is 57.2 Å². The van der Waals surface area contributed by atoms with E-state index in [9.17, 15) is 27.9 Å². The molecule has 2 aromatic heterocycles. The lowest BCUT2D eigenvalue weighted by atomic mass is 9.83. The third kappa shape index (κ3) is 4.97. The summed E-state index contributed by atoms with van der Waals surface area (Å²) in [5.74, 6) is -2.63. The van der Waals surface area contributed by atoms with Crippen molar-refractivity contribution in [1.29, 1.82) is 0 Å². The van der Waals surface area contributed by atoms with Gasteiger partial charge in [0.15, 0.2) is 5.65 Å². The Kier molecular flexibility index (Phi) is 6.25. The Morgan fingerprint density at radius 2 is 2.03 bits per heavy atom. The second-order valence-electron chi connectivity index (χ2n) is 8.74. The molecule has 0 aromatic carbocycles. The van der Waals surface area contributed by atoms with E-state index < -0.39 is 42.6 Å². The molecule has 32 heavy (non-hydrogen) atoms. The van der Waals surface area contributed by atoms with Crippen molar-refractivity contribution in [3.8, 4) is 0 Å². The lowest BCUT2D eigenvalue weighted by Crippen LogP contribution is -2.47. The van der Waals surface area contributed by atoms with Crippen LogP contribution in [0.5, 0.6) is 0 Å². The Balaban J connectivity index is 1.54. The van der Waals surface area contributed by atoms with Gasteiger partial charge in [0.1, 0.15) is 0 Å². The molecule has 1 aliphatic heterocycles. The normalized spacial score (nSPS) is 23.7. The summed E-state index contributed by atoms with van der Waals surface area (Å²) in [4.78, 5) is 28.0. The van der Waals surface area contributed by atoms with E-state index in [1.165, 1.54) is 4.52 Å². The van der Waals surface area contributed by atoms with Gasteiger partial charge in [-0.1, -0.05) is 19.3 Å². The number of carbonyl (C=O) groups is 2. The summed E-state index contributed by atoms with van der Waals surface area (Å²) in [6.07, 6.45) is 1.05. The second-order valence-corrected chi connectivity index (χ2v) is 8.74. The fraction of sp³-hybridized carbons (Fsp3) is 0.619. The number of aromatic nitrogens is 3. The molecule has 1 saturated carbocycles. The fourth-order valence-electron chi connectivity index (χ4n) is 4.81. The van der Waals surface area contributed by atoms with Gasteiger partial charge in [-0.2, -0.15) is 18.3 Å². The Labute approximate surface area is 182 Å². The molecular formula is C21H26F3N5O3. The van der Waals surface area contributed by atoms with Crippen molar-refractivity contribution < 1.29 is 27.9 Å². The molecule has 174 valence electrons. The van der Waals surface area contributed by atoms with Gasteiger partial charge in [0, 0.05) is 18.9 Å². The summed E-state index contributed by atoms with van der Waals surface area (Å²) < 4.78 is 40.8. The summed E-state index contributed by atoms with van der Waals surface area (Å²) in [5.41, 5.74) is 1.55. The highest BCUT2D eigenvalue weighted by Gasteiger charge is 2.44. The molecule has 8 nitrogen and oxygen atoms in total. The zero-order chi connectivity index (χ0) is 22.9. The van der Waals surface area contributed by atoms with Gasteiger partial charge in [-0.3, -0.25) is 4.79 Å². The highest BCUT2D eigenvalue weighted by atomic mass is 19.4. The Morgan fingerprint density at radius 1 is 1.28 bits per heavy atom. The summed E-state index contributed by atoms with van der Waals surface area (Å²) in [6.45, 7) is -0.394. The second kappa shape index (κ2) is 8.95. The third-order valence-electron chi connectivity index (χ3n) is 6.49. The number of fused-ring (bicyclic) bond motifs is 1. The predicted octanol–water partition coefficient (Wildman–Crippen LogP) is 3.48. The highest BCUT2D eigenvalue weighted by molar-refractivity contribution is 5.79. The number of alkyl halides is 3. The maximum absolute atomic E-state index is 13.1. The molecule has 3 N–H and O–H groups in total. The van der Waals surface area contributed by atoms with Gasteiger partial charge in [-0.15, -0.1) is 0 Å². The minimum Gasteiger partial charge on any atom is -0.465 e. The Hall–Kier alpha value is -2.85. The van der Waals surface area contributed by atoms with E-state index in [4.69, 9.17) is 0 Å². The van der Waals surface area contributed by atoms with Crippen molar-refractivity contribution in [1.82, 2.24) is 25.2 Å². The average molecular weight is 453 g/mol. The topological polar surface area (TPSA) is 109 Å². The smallest absolute Gasteiger partial charge is 0.405 e. The molecule has 0 bridgehead atoms. The molecular weight excluding hydrogens is 427 g/mol. The van der Waals surface area contributed by atoms with Gasteiger partial charge in [-0.05, 0) is 37.3 Å². The van der Waals surface area contributed by atoms with Crippen LogP contribution in [-0.2, 0) is 11.2 Å². The van der Waals surface area contributed by atoms with Gasteiger partial charge < -0.3 is 15.7 Å². The van der Waals surface area contributed by atoms with Crippen LogP contribution in [0, 0.1) is 17.8 Å². The number of nitrogens with zero attached hydrogens (tertiary/aromatic N) is 3. The minimum absolute atomic E-state index is 0.0846. The molecule has 2 aliphatic rings. The Morgan fingerprint density at radius 3 is 2.72 bits per heavy atom. The standard InChI is InChI=1S/C21H26F3N5O3/c22-21(23,24)14-8-13(19(30)25-10-14)9-15-6-7-17-26-16(11-29(17)28-15)18(27-20(31)32)12-4-2-1-3-5-12/h6-7,11-14,18,27H,1-5,8-10H2,(H,25,30)(H,31,32)/t13?,14-,18?/m1/s1. The van der Waals surface area contributed by atoms with Crippen molar-refractivity contribution in [2.24, 2.45) is 17.8 Å². The lowest BCUT2D eigenvalue weighted by Gasteiger charge is -2.30. The van der Waals surface area contributed by atoms with Crippen LogP contribution < -0.4 is 10.6 Å². The van der Waals surface area contributed by atoms with E-state index in [1.807, 2.05) is 0 Å². The van der Waals surface area contributed by atoms with Gasteiger partial charge in [0.2, 0.25) is 5.91 Å². The van der Waals surface area contributed by atoms with Gasteiger partial charge in [-0.25, -0.2) is 14.3 Å². The van der Waals surface area contributed by atoms with Crippen LogP contribution in [0.1, 0.15) is 56.0 Å². The minimum atomic E-state index is -4.35. The molecule has 11 heteroatoms. The van der Waals surface area contributed by atoms with Crippen LogP contribution in [0.4, 0.5) is 18.0 Å². The van der Waals surface area contributed by atoms with Crippen molar-refractivity contribution in [2.75, 3.05) is 6.54 Å². The average Bonchev–Trinajstić information content (AvgIpc) is 3.16. The first-order chi connectivity index (χ1) is 15.2. The fourth-order valence-corrected chi connectivity index (χ4v) is 4.81. The first-order valence-corrected chi connectivity index (χ1v) is 10.9. The summed E-state index contributed by atoms with van der Waals surface area (Å²) >= 11 is 0. The number of carboxylic acid groups (broad SMARTS) is 1. The van der Waals surface area contributed by atoms with E-state index in [0.717, 1.165) is 32.1 Å². The molecule has 2 amide bonds. The SMILES string of the molecule is O=C(O)NC(c1cn2nc(CC3C[C@@H](C(F)(F)F)CNC3=O)ccc2n1)C1CCCCC1. The van der Waals surface area contributed by atoms with Crippen molar-refractivity contribution in [3.63, 3.8) is 0 Å². The number of rotatable bonds is 5. The zero-order valence-electron chi connectivity index (χ0n) is 17.4. The molecule has 2 aromatic rings. The maximum atomic E-state index is 13.1. The molecule has 2 unspecified atom stereocenters. The predicted molar refractivity (Wildman–Crippen MR) is 108 cm³/mol. The number of halogens is 3. The largest absolute Gasteiger partial charge is 0.465 e. The van der Waals surface area contributed by atoms with E-state index in [-0.39, 0.29) is 18.8 Å². The number of piperidine rings is 1. The molecule has 0 radical (unpaired) electrons. The molecule has 4 rings (SSSR count). The molecule has 3 atom stereocenters.